The second kappa shape index (κ2) is 4.31. The average molecular weight is 206 g/mol. The van der Waals surface area contributed by atoms with E-state index in [1.807, 2.05) is 30.3 Å². The summed E-state index contributed by atoms with van der Waals surface area (Å²) in [7, 11) is 0. The summed E-state index contributed by atoms with van der Waals surface area (Å²) in [5.74, 6) is 0. The number of urea groups is 1. The highest BCUT2D eigenvalue weighted by Crippen LogP contribution is 2.21. The Morgan fingerprint density at radius 1 is 1.40 bits per heavy atom. The quantitative estimate of drug-likeness (QED) is 0.766. The van der Waals surface area contributed by atoms with Crippen molar-refractivity contribution in [1.29, 1.82) is 0 Å². The van der Waals surface area contributed by atoms with Gasteiger partial charge in [-0.2, -0.15) is 0 Å². The number of carbonyl (C=O) groups excluding carboxylic acids is 1. The monoisotopic (exact) mass is 206 g/mol. The maximum absolute atomic E-state index is 11.5. The summed E-state index contributed by atoms with van der Waals surface area (Å²) in [6, 6.07) is 9.26. The molecule has 4 nitrogen and oxygen atoms in total. The van der Waals surface area contributed by atoms with Crippen molar-refractivity contribution < 1.29 is 9.90 Å². The molecular weight excluding hydrogens is 192 g/mol. The molecule has 1 aromatic rings. The minimum absolute atomic E-state index is 0.0442. The Labute approximate surface area is 88.5 Å². The normalized spacial score (nSPS) is 17.7. The SMILES string of the molecule is O=C1NCCN1C(CO)c1ccccc1. The molecule has 2 rings (SSSR count). The largest absolute Gasteiger partial charge is 0.394 e. The Bertz CT molecular complexity index is 340. The van der Waals surface area contributed by atoms with Gasteiger partial charge in [0.1, 0.15) is 0 Å². The number of nitrogens with zero attached hydrogens (tertiary/aromatic N) is 1. The summed E-state index contributed by atoms with van der Waals surface area (Å²) >= 11 is 0. The van der Waals surface area contributed by atoms with E-state index in [0.717, 1.165) is 5.56 Å². The Kier molecular flexibility index (Phi) is 2.87. The molecule has 2 amide bonds. The van der Waals surface area contributed by atoms with Crippen molar-refractivity contribution in [2.75, 3.05) is 19.7 Å². The fourth-order valence-corrected chi connectivity index (χ4v) is 1.84. The maximum atomic E-state index is 11.5. The zero-order valence-electron chi connectivity index (χ0n) is 8.39. The molecule has 0 radical (unpaired) electrons. The molecular formula is C11H14N2O2. The van der Waals surface area contributed by atoms with Crippen LogP contribution < -0.4 is 5.32 Å². The summed E-state index contributed by atoms with van der Waals surface area (Å²) in [5, 5.41) is 12.1. The van der Waals surface area contributed by atoms with Crippen LogP contribution in [0.2, 0.25) is 0 Å². The predicted molar refractivity (Wildman–Crippen MR) is 56.4 cm³/mol. The lowest BCUT2D eigenvalue weighted by Gasteiger charge is -2.25. The number of hydrogen-bond donors (Lipinski definition) is 2. The molecule has 1 aliphatic heterocycles. The molecule has 1 fully saturated rings. The molecule has 1 unspecified atom stereocenters. The van der Waals surface area contributed by atoms with Crippen LogP contribution in [0.3, 0.4) is 0 Å². The highest BCUT2D eigenvalue weighted by molar-refractivity contribution is 5.76. The topological polar surface area (TPSA) is 52.6 Å². The van der Waals surface area contributed by atoms with Crippen LogP contribution >= 0.6 is 0 Å². The third kappa shape index (κ3) is 1.94. The molecule has 0 bridgehead atoms. The first-order chi connectivity index (χ1) is 7.33. The minimum Gasteiger partial charge on any atom is -0.394 e. The number of rotatable bonds is 3. The second-order valence-electron chi connectivity index (χ2n) is 3.53. The van der Waals surface area contributed by atoms with Crippen LogP contribution in [0.4, 0.5) is 4.79 Å². The Morgan fingerprint density at radius 3 is 2.67 bits per heavy atom. The summed E-state index contributed by atoms with van der Waals surface area (Å²) in [6.07, 6.45) is 0. The van der Waals surface area contributed by atoms with Crippen molar-refractivity contribution in [3.8, 4) is 0 Å². The first-order valence-corrected chi connectivity index (χ1v) is 5.03. The van der Waals surface area contributed by atoms with Crippen molar-refractivity contribution in [2.45, 2.75) is 6.04 Å². The molecule has 1 heterocycles. The number of carbonyl (C=O) groups is 1. The van der Waals surface area contributed by atoms with E-state index in [4.69, 9.17) is 0 Å². The van der Waals surface area contributed by atoms with E-state index in [-0.39, 0.29) is 18.7 Å². The number of amides is 2. The van der Waals surface area contributed by atoms with Gasteiger partial charge in [0.15, 0.2) is 0 Å². The highest BCUT2D eigenvalue weighted by Gasteiger charge is 2.27. The minimum atomic E-state index is -0.228. The van der Waals surface area contributed by atoms with Crippen LogP contribution in [0.5, 0.6) is 0 Å². The maximum Gasteiger partial charge on any atom is 0.318 e. The van der Waals surface area contributed by atoms with Gasteiger partial charge in [-0.25, -0.2) is 4.79 Å². The molecule has 0 spiro atoms. The lowest BCUT2D eigenvalue weighted by Crippen LogP contribution is -2.34. The van der Waals surface area contributed by atoms with E-state index in [1.54, 1.807) is 4.90 Å². The fraction of sp³-hybridized carbons (Fsp3) is 0.364. The molecule has 0 aromatic heterocycles. The Balaban J connectivity index is 2.20. The van der Waals surface area contributed by atoms with E-state index >= 15 is 0 Å². The van der Waals surface area contributed by atoms with Crippen molar-refractivity contribution in [1.82, 2.24) is 10.2 Å². The number of hydrogen-bond acceptors (Lipinski definition) is 2. The highest BCUT2D eigenvalue weighted by atomic mass is 16.3. The van der Waals surface area contributed by atoms with Crippen LogP contribution in [0, 0.1) is 0 Å². The molecule has 1 atom stereocenters. The summed E-state index contributed by atoms with van der Waals surface area (Å²) in [4.78, 5) is 13.1. The van der Waals surface area contributed by atoms with Crippen LogP contribution in [0.1, 0.15) is 11.6 Å². The summed E-state index contributed by atoms with van der Waals surface area (Å²) in [5.41, 5.74) is 0.969. The second-order valence-corrected chi connectivity index (χ2v) is 3.53. The van der Waals surface area contributed by atoms with E-state index in [0.29, 0.717) is 13.1 Å². The van der Waals surface area contributed by atoms with Crippen LogP contribution in [0.15, 0.2) is 30.3 Å². The molecule has 15 heavy (non-hydrogen) atoms. The van der Waals surface area contributed by atoms with Gasteiger partial charge in [0.05, 0.1) is 12.6 Å². The third-order valence-electron chi connectivity index (χ3n) is 2.62. The zero-order chi connectivity index (χ0) is 10.7. The Morgan fingerprint density at radius 2 is 2.13 bits per heavy atom. The number of aliphatic hydroxyl groups is 1. The molecule has 1 aliphatic rings. The summed E-state index contributed by atoms with van der Waals surface area (Å²) < 4.78 is 0. The molecule has 1 saturated heterocycles. The first-order valence-electron chi connectivity index (χ1n) is 5.03. The average Bonchev–Trinajstić information content (AvgIpc) is 2.68. The predicted octanol–water partition coefficient (Wildman–Crippen LogP) is 0.745. The van der Waals surface area contributed by atoms with Gasteiger partial charge < -0.3 is 15.3 Å². The number of aliphatic hydroxyl groups excluding tert-OH is 1. The number of nitrogens with one attached hydrogen (secondary N) is 1. The van der Waals surface area contributed by atoms with Crippen LogP contribution in [0.25, 0.3) is 0 Å². The van der Waals surface area contributed by atoms with Crippen molar-refractivity contribution >= 4 is 6.03 Å². The van der Waals surface area contributed by atoms with E-state index in [2.05, 4.69) is 5.32 Å². The van der Waals surface area contributed by atoms with Gasteiger partial charge in [0.2, 0.25) is 0 Å². The van der Waals surface area contributed by atoms with Gasteiger partial charge in [-0.15, -0.1) is 0 Å². The van der Waals surface area contributed by atoms with Gasteiger partial charge in [-0.05, 0) is 5.56 Å². The molecule has 4 heteroatoms. The van der Waals surface area contributed by atoms with Crippen LogP contribution in [-0.4, -0.2) is 35.7 Å². The van der Waals surface area contributed by atoms with E-state index in [1.165, 1.54) is 0 Å². The smallest absolute Gasteiger partial charge is 0.318 e. The lowest BCUT2D eigenvalue weighted by molar-refractivity contribution is 0.152. The zero-order valence-corrected chi connectivity index (χ0v) is 8.39. The lowest BCUT2D eigenvalue weighted by atomic mass is 10.1. The van der Waals surface area contributed by atoms with Gasteiger partial charge in [0.25, 0.3) is 0 Å². The molecule has 1 aromatic carbocycles. The van der Waals surface area contributed by atoms with E-state index in [9.17, 15) is 9.90 Å². The third-order valence-corrected chi connectivity index (χ3v) is 2.62. The van der Waals surface area contributed by atoms with Crippen LogP contribution in [-0.2, 0) is 0 Å². The molecule has 2 N–H and O–H groups in total. The van der Waals surface area contributed by atoms with Crippen molar-refractivity contribution in [3.05, 3.63) is 35.9 Å². The van der Waals surface area contributed by atoms with Crippen molar-refractivity contribution in [3.63, 3.8) is 0 Å². The van der Waals surface area contributed by atoms with Gasteiger partial charge in [-0.1, -0.05) is 30.3 Å². The molecule has 0 aliphatic carbocycles. The van der Waals surface area contributed by atoms with Gasteiger partial charge >= 0.3 is 6.03 Å². The van der Waals surface area contributed by atoms with Gasteiger partial charge in [-0.3, -0.25) is 0 Å². The van der Waals surface area contributed by atoms with Crippen molar-refractivity contribution in [2.24, 2.45) is 0 Å². The summed E-state index contributed by atoms with van der Waals surface area (Å²) in [6.45, 7) is 1.26. The molecule has 80 valence electrons. The number of benzene rings is 1. The van der Waals surface area contributed by atoms with Gasteiger partial charge in [0, 0.05) is 13.1 Å². The standard InChI is InChI=1S/C11H14N2O2/c14-8-10(9-4-2-1-3-5-9)13-7-6-12-11(13)15/h1-5,10,14H,6-8H2,(H,12,15). The molecule has 0 saturated carbocycles. The Hall–Kier alpha value is -1.55. The fourth-order valence-electron chi connectivity index (χ4n) is 1.84. The first kappa shape index (κ1) is 9.98. The van der Waals surface area contributed by atoms with E-state index < -0.39 is 0 Å².